The fourth-order valence-electron chi connectivity index (χ4n) is 4.61. The molecule has 1 aromatic carbocycles. The summed E-state index contributed by atoms with van der Waals surface area (Å²) in [6.07, 6.45) is 2.18. The summed E-state index contributed by atoms with van der Waals surface area (Å²) in [7, 11) is 0. The quantitative estimate of drug-likeness (QED) is 0.719. The molecule has 0 bridgehead atoms. The van der Waals surface area contributed by atoms with Crippen LogP contribution in [0.3, 0.4) is 0 Å². The molecule has 3 aliphatic rings. The molecule has 2 aromatic rings. The van der Waals surface area contributed by atoms with Gasteiger partial charge in [-0.3, -0.25) is 9.69 Å². The Kier molecular flexibility index (Phi) is 5.76. The van der Waals surface area contributed by atoms with Crippen LogP contribution in [0.15, 0.2) is 29.6 Å². The Morgan fingerprint density at radius 3 is 2.77 bits per heavy atom. The number of amides is 1. The van der Waals surface area contributed by atoms with E-state index in [1.54, 1.807) is 0 Å². The van der Waals surface area contributed by atoms with Crippen LogP contribution >= 0.6 is 22.9 Å². The SMILES string of the molecule is O=C(c1scc2c1OCCO2)N1CCC[C@@H](N2CCN(c3cccc(Cl)c3)CC2)C1. The zero-order chi connectivity index (χ0) is 20.5. The molecule has 1 aromatic heterocycles. The molecule has 5 rings (SSSR count). The lowest BCUT2D eigenvalue weighted by molar-refractivity contribution is 0.0561. The van der Waals surface area contributed by atoms with Gasteiger partial charge in [0.15, 0.2) is 11.5 Å². The Balaban J connectivity index is 1.21. The molecule has 1 atom stereocenters. The number of hydrogen-bond donors (Lipinski definition) is 0. The van der Waals surface area contributed by atoms with E-state index in [0.29, 0.717) is 35.6 Å². The number of carbonyl (C=O) groups excluding carboxylic acids is 1. The number of fused-ring (bicyclic) bond motifs is 1. The van der Waals surface area contributed by atoms with Crippen molar-refractivity contribution in [2.75, 3.05) is 57.4 Å². The highest BCUT2D eigenvalue weighted by atomic mass is 35.5. The van der Waals surface area contributed by atoms with Gasteiger partial charge >= 0.3 is 0 Å². The maximum Gasteiger partial charge on any atom is 0.267 e. The molecule has 0 saturated carbocycles. The normalized spacial score (nSPS) is 22.2. The van der Waals surface area contributed by atoms with Crippen molar-refractivity contribution < 1.29 is 14.3 Å². The zero-order valence-corrected chi connectivity index (χ0v) is 18.5. The number of thiophene rings is 1. The first-order chi connectivity index (χ1) is 14.7. The van der Waals surface area contributed by atoms with Crippen molar-refractivity contribution in [1.29, 1.82) is 0 Å². The van der Waals surface area contributed by atoms with Crippen LogP contribution in [0.1, 0.15) is 22.5 Å². The lowest BCUT2D eigenvalue weighted by Gasteiger charge is -2.44. The van der Waals surface area contributed by atoms with Gasteiger partial charge in [0, 0.05) is 61.4 Å². The molecule has 0 unspecified atom stereocenters. The summed E-state index contributed by atoms with van der Waals surface area (Å²) >= 11 is 7.59. The lowest BCUT2D eigenvalue weighted by atomic mass is 10.0. The minimum absolute atomic E-state index is 0.0778. The number of carbonyl (C=O) groups is 1. The lowest BCUT2D eigenvalue weighted by Crippen LogP contribution is -2.55. The van der Waals surface area contributed by atoms with Gasteiger partial charge in [0.2, 0.25) is 0 Å². The standard InChI is InChI=1S/C22H26ClN3O3S/c23-16-3-1-4-17(13-16)24-7-9-25(10-8-24)18-5-2-6-26(14-18)22(27)21-20-19(15-30-21)28-11-12-29-20/h1,3-4,13,15,18H,2,5-12,14H2/t18-/m1/s1. The zero-order valence-electron chi connectivity index (χ0n) is 16.9. The van der Waals surface area contributed by atoms with E-state index in [4.69, 9.17) is 21.1 Å². The van der Waals surface area contributed by atoms with E-state index in [1.807, 2.05) is 28.5 Å². The van der Waals surface area contributed by atoms with Gasteiger partial charge in [-0.05, 0) is 31.0 Å². The van der Waals surface area contributed by atoms with Crippen LogP contribution in [0.2, 0.25) is 5.02 Å². The van der Waals surface area contributed by atoms with Gasteiger partial charge in [0.05, 0.1) is 0 Å². The molecule has 2 saturated heterocycles. The first-order valence-electron chi connectivity index (χ1n) is 10.6. The van der Waals surface area contributed by atoms with Gasteiger partial charge in [-0.15, -0.1) is 11.3 Å². The van der Waals surface area contributed by atoms with Crippen molar-refractivity contribution in [3.8, 4) is 11.5 Å². The number of piperazine rings is 1. The highest BCUT2D eigenvalue weighted by molar-refractivity contribution is 7.12. The highest BCUT2D eigenvalue weighted by Gasteiger charge is 2.33. The number of benzene rings is 1. The van der Waals surface area contributed by atoms with Crippen molar-refractivity contribution in [1.82, 2.24) is 9.80 Å². The topological polar surface area (TPSA) is 45.3 Å². The third-order valence-electron chi connectivity index (χ3n) is 6.18. The molecule has 0 N–H and O–H groups in total. The summed E-state index contributed by atoms with van der Waals surface area (Å²) in [4.78, 5) is 20.8. The van der Waals surface area contributed by atoms with E-state index in [9.17, 15) is 4.79 Å². The molecule has 160 valence electrons. The number of rotatable bonds is 3. The van der Waals surface area contributed by atoms with Crippen LogP contribution in [0, 0.1) is 0 Å². The van der Waals surface area contributed by atoms with Gasteiger partial charge in [-0.2, -0.15) is 0 Å². The fraction of sp³-hybridized carbons (Fsp3) is 0.500. The average molecular weight is 448 g/mol. The Hall–Kier alpha value is -1.96. The van der Waals surface area contributed by atoms with Crippen LogP contribution in [0.5, 0.6) is 11.5 Å². The minimum Gasteiger partial charge on any atom is -0.485 e. The molecule has 0 radical (unpaired) electrons. The van der Waals surface area contributed by atoms with Crippen molar-refractivity contribution in [2.24, 2.45) is 0 Å². The van der Waals surface area contributed by atoms with Crippen molar-refractivity contribution in [3.05, 3.63) is 39.5 Å². The van der Waals surface area contributed by atoms with Crippen molar-refractivity contribution >= 4 is 34.5 Å². The smallest absolute Gasteiger partial charge is 0.267 e. The second kappa shape index (κ2) is 8.65. The minimum atomic E-state index is 0.0778. The summed E-state index contributed by atoms with van der Waals surface area (Å²) in [5, 5.41) is 2.67. The van der Waals surface area contributed by atoms with Crippen LogP contribution < -0.4 is 14.4 Å². The first-order valence-corrected chi connectivity index (χ1v) is 11.9. The molecule has 3 aliphatic heterocycles. The van der Waals surface area contributed by atoms with E-state index >= 15 is 0 Å². The van der Waals surface area contributed by atoms with E-state index in [1.165, 1.54) is 17.0 Å². The van der Waals surface area contributed by atoms with Crippen LogP contribution in [0.4, 0.5) is 5.69 Å². The Bertz CT molecular complexity index is 913. The second-order valence-electron chi connectivity index (χ2n) is 8.01. The van der Waals surface area contributed by atoms with Crippen LogP contribution in [-0.2, 0) is 0 Å². The summed E-state index contributed by atoms with van der Waals surface area (Å²) in [5.41, 5.74) is 1.19. The Labute approximate surface area is 185 Å². The number of halogens is 1. The van der Waals surface area contributed by atoms with Gasteiger partial charge in [0.25, 0.3) is 5.91 Å². The number of nitrogens with zero attached hydrogens (tertiary/aromatic N) is 3. The van der Waals surface area contributed by atoms with Crippen molar-refractivity contribution in [3.63, 3.8) is 0 Å². The predicted molar refractivity (Wildman–Crippen MR) is 119 cm³/mol. The van der Waals surface area contributed by atoms with Gasteiger partial charge in [0.1, 0.15) is 18.1 Å². The van der Waals surface area contributed by atoms with E-state index in [-0.39, 0.29) is 5.91 Å². The molecular weight excluding hydrogens is 422 g/mol. The maximum absolute atomic E-state index is 13.2. The first kappa shape index (κ1) is 20.0. The van der Waals surface area contributed by atoms with E-state index in [0.717, 1.165) is 57.1 Å². The molecular formula is C22H26ClN3O3S. The Morgan fingerprint density at radius 2 is 1.93 bits per heavy atom. The second-order valence-corrected chi connectivity index (χ2v) is 9.32. The molecule has 8 heteroatoms. The summed E-state index contributed by atoms with van der Waals surface area (Å²) < 4.78 is 11.3. The fourth-order valence-corrected chi connectivity index (χ4v) is 5.69. The predicted octanol–water partition coefficient (Wildman–Crippen LogP) is 3.60. The van der Waals surface area contributed by atoms with Crippen LogP contribution in [-0.4, -0.2) is 74.2 Å². The molecule has 6 nitrogen and oxygen atoms in total. The summed E-state index contributed by atoms with van der Waals surface area (Å²) in [6.45, 7) is 6.61. The summed E-state index contributed by atoms with van der Waals surface area (Å²) in [5.74, 6) is 1.42. The van der Waals surface area contributed by atoms with Crippen molar-refractivity contribution in [2.45, 2.75) is 18.9 Å². The van der Waals surface area contributed by atoms with Gasteiger partial charge in [-0.1, -0.05) is 17.7 Å². The Morgan fingerprint density at radius 1 is 1.10 bits per heavy atom. The van der Waals surface area contributed by atoms with E-state index in [2.05, 4.69) is 15.9 Å². The van der Waals surface area contributed by atoms with Crippen LogP contribution in [0.25, 0.3) is 0 Å². The molecule has 30 heavy (non-hydrogen) atoms. The average Bonchev–Trinajstić information content (AvgIpc) is 3.23. The number of ether oxygens (including phenoxy) is 2. The molecule has 2 fully saturated rings. The van der Waals surface area contributed by atoms with E-state index < -0.39 is 0 Å². The van der Waals surface area contributed by atoms with Gasteiger partial charge < -0.3 is 19.3 Å². The third kappa shape index (κ3) is 3.98. The highest BCUT2D eigenvalue weighted by Crippen LogP contribution is 2.40. The maximum atomic E-state index is 13.2. The monoisotopic (exact) mass is 447 g/mol. The van der Waals surface area contributed by atoms with Gasteiger partial charge in [-0.25, -0.2) is 0 Å². The third-order valence-corrected chi connectivity index (χ3v) is 7.35. The molecule has 0 aliphatic carbocycles. The number of likely N-dealkylation sites (tertiary alicyclic amines) is 1. The molecule has 0 spiro atoms. The number of anilines is 1. The summed E-state index contributed by atoms with van der Waals surface area (Å²) in [6, 6.07) is 8.49. The largest absolute Gasteiger partial charge is 0.485 e. The molecule has 4 heterocycles. The molecule has 1 amide bonds. The number of hydrogen-bond acceptors (Lipinski definition) is 6. The number of piperidine rings is 1.